The Hall–Kier alpha value is -2.45. The summed E-state index contributed by atoms with van der Waals surface area (Å²) in [6.45, 7) is 0. The number of nitriles is 1. The molecule has 0 atom stereocenters. The Labute approximate surface area is 124 Å². The van der Waals surface area contributed by atoms with Gasteiger partial charge in [-0.2, -0.15) is 5.26 Å². The van der Waals surface area contributed by atoms with E-state index < -0.39 is 23.1 Å². The van der Waals surface area contributed by atoms with Crippen LogP contribution in [0.5, 0.6) is 0 Å². The van der Waals surface area contributed by atoms with Gasteiger partial charge in [-0.3, -0.25) is 4.79 Å². The first-order chi connectivity index (χ1) is 10.0. The zero-order chi connectivity index (χ0) is 15.4. The van der Waals surface area contributed by atoms with Crippen molar-refractivity contribution in [2.45, 2.75) is 6.42 Å². The summed E-state index contributed by atoms with van der Waals surface area (Å²) in [6, 6.07) is 9.98. The molecule has 0 saturated heterocycles. The fourth-order valence-electron chi connectivity index (χ4n) is 1.69. The summed E-state index contributed by atoms with van der Waals surface area (Å²) in [4.78, 5) is 11.9. The van der Waals surface area contributed by atoms with Crippen molar-refractivity contribution in [2.24, 2.45) is 0 Å². The topological polar surface area (TPSA) is 52.9 Å². The van der Waals surface area contributed by atoms with Crippen molar-refractivity contribution in [1.29, 1.82) is 5.26 Å². The summed E-state index contributed by atoms with van der Waals surface area (Å²) in [6.07, 6.45) is 0.255. The molecule has 1 N–H and O–H groups in total. The largest absolute Gasteiger partial charge is 0.322 e. The average molecular weight is 307 g/mol. The van der Waals surface area contributed by atoms with E-state index in [1.54, 1.807) is 24.3 Å². The van der Waals surface area contributed by atoms with Gasteiger partial charge in [0, 0.05) is 5.69 Å². The molecule has 0 spiro atoms. The van der Waals surface area contributed by atoms with Gasteiger partial charge in [-0.05, 0) is 29.8 Å². The number of carbonyl (C=O) groups is 1. The van der Waals surface area contributed by atoms with Gasteiger partial charge < -0.3 is 5.32 Å². The number of amides is 1. The molecule has 0 bridgehead atoms. The smallest absolute Gasteiger partial charge is 0.258 e. The van der Waals surface area contributed by atoms with Gasteiger partial charge in [0.2, 0.25) is 0 Å². The Bertz CT molecular complexity index is 724. The van der Waals surface area contributed by atoms with Crippen LogP contribution in [-0.2, 0) is 6.42 Å². The quantitative estimate of drug-likeness (QED) is 0.873. The van der Waals surface area contributed by atoms with Gasteiger partial charge in [0.1, 0.15) is 11.6 Å². The normalized spacial score (nSPS) is 10.0. The van der Waals surface area contributed by atoms with E-state index in [-0.39, 0.29) is 11.4 Å². The number of rotatable bonds is 3. The molecule has 0 aliphatic rings. The molecule has 1 amide bonds. The highest BCUT2D eigenvalue weighted by molar-refractivity contribution is 6.30. The van der Waals surface area contributed by atoms with E-state index in [2.05, 4.69) is 5.32 Å². The van der Waals surface area contributed by atoms with Gasteiger partial charge in [-0.1, -0.05) is 23.7 Å². The highest BCUT2D eigenvalue weighted by Gasteiger charge is 2.15. The third-order valence-corrected chi connectivity index (χ3v) is 3.04. The number of benzene rings is 2. The SMILES string of the molecule is N#CCc1ccc(NC(=O)c2cc(F)c(Cl)cc2F)cc1. The van der Waals surface area contributed by atoms with Crippen molar-refractivity contribution in [1.82, 2.24) is 0 Å². The van der Waals surface area contributed by atoms with Gasteiger partial charge in [0.25, 0.3) is 5.91 Å². The first-order valence-corrected chi connectivity index (χ1v) is 6.31. The van der Waals surface area contributed by atoms with E-state index >= 15 is 0 Å². The maximum atomic E-state index is 13.6. The van der Waals surface area contributed by atoms with Gasteiger partial charge >= 0.3 is 0 Å². The molecule has 3 nitrogen and oxygen atoms in total. The zero-order valence-electron chi connectivity index (χ0n) is 10.7. The molecule has 106 valence electrons. The summed E-state index contributed by atoms with van der Waals surface area (Å²) in [5.74, 6) is -2.55. The number of carbonyl (C=O) groups excluding carboxylic acids is 1. The molecule has 0 fully saturated rings. The van der Waals surface area contributed by atoms with Crippen molar-refractivity contribution in [3.63, 3.8) is 0 Å². The van der Waals surface area contributed by atoms with Crippen LogP contribution in [0.1, 0.15) is 15.9 Å². The van der Waals surface area contributed by atoms with Crippen molar-refractivity contribution in [3.05, 3.63) is 64.2 Å². The fraction of sp³-hybridized carbons (Fsp3) is 0.0667. The minimum Gasteiger partial charge on any atom is -0.322 e. The van der Waals surface area contributed by atoms with Crippen LogP contribution in [0.2, 0.25) is 5.02 Å². The number of nitrogens with zero attached hydrogens (tertiary/aromatic N) is 1. The summed E-state index contributed by atoms with van der Waals surface area (Å²) in [5.41, 5.74) is 0.772. The first-order valence-electron chi connectivity index (χ1n) is 5.93. The van der Waals surface area contributed by atoms with Crippen LogP contribution in [0.3, 0.4) is 0 Å². The van der Waals surface area contributed by atoms with Crippen LogP contribution in [0.4, 0.5) is 14.5 Å². The molecular weight excluding hydrogens is 298 g/mol. The molecular formula is C15H9ClF2N2O. The van der Waals surface area contributed by atoms with E-state index in [1.165, 1.54) is 0 Å². The van der Waals surface area contributed by atoms with Crippen molar-refractivity contribution in [2.75, 3.05) is 5.32 Å². The maximum absolute atomic E-state index is 13.6. The summed E-state index contributed by atoms with van der Waals surface area (Å²) >= 11 is 5.42. The van der Waals surface area contributed by atoms with E-state index in [0.29, 0.717) is 5.69 Å². The highest BCUT2D eigenvalue weighted by Crippen LogP contribution is 2.20. The molecule has 0 radical (unpaired) electrons. The molecule has 6 heteroatoms. The van der Waals surface area contributed by atoms with Crippen LogP contribution in [0.15, 0.2) is 36.4 Å². The lowest BCUT2D eigenvalue weighted by molar-refractivity contribution is 0.102. The number of halogens is 3. The molecule has 0 aliphatic carbocycles. The van der Waals surface area contributed by atoms with Gasteiger partial charge in [-0.25, -0.2) is 8.78 Å². The minimum absolute atomic E-state index is 0.255. The van der Waals surface area contributed by atoms with Crippen molar-refractivity contribution < 1.29 is 13.6 Å². The maximum Gasteiger partial charge on any atom is 0.258 e. The lowest BCUT2D eigenvalue weighted by atomic mass is 10.1. The predicted molar refractivity (Wildman–Crippen MR) is 75.1 cm³/mol. The third kappa shape index (κ3) is 3.56. The number of hydrogen-bond acceptors (Lipinski definition) is 2. The van der Waals surface area contributed by atoms with Gasteiger partial charge in [-0.15, -0.1) is 0 Å². The molecule has 0 aliphatic heterocycles. The van der Waals surface area contributed by atoms with Crippen molar-refractivity contribution >= 4 is 23.2 Å². The minimum atomic E-state index is -0.903. The third-order valence-electron chi connectivity index (χ3n) is 2.75. The van der Waals surface area contributed by atoms with Crippen LogP contribution in [0.25, 0.3) is 0 Å². The van der Waals surface area contributed by atoms with Crippen LogP contribution >= 0.6 is 11.6 Å². The summed E-state index contributed by atoms with van der Waals surface area (Å²) < 4.78 is 26.9. The van der Waals surface area contributed by atoms with Crippen molar-refractivity contribution in [3.8, 4) is 6.07 Å². The predicted octanol–water partition coefficient (Wildman–Crippen LogP) is 3.94. The van der Waals surface area contributed by atoms with Gasteiger partial charge in [0.05, 0.1) is 23.1 Å². The first kappa shape index (κ1) is 14.9. The fourth-order valence-corrected chi connectivity index (χ4v) is 1.84. The second-order valence-corrected chi connectivity index (χ2v) is 4.64. The monoisotopic (exact) mass is 306 g/mol. The Morgan fingerprint density at radius 1 is 1.19 bits per heavy atom. The Balaban J connectivity index is 2.18. The number of hydrogen-bond donors (Lipinski definition) is 1. The zero-order valence-corrected chi connectivity index (χ0v) is 11.4. The molecule has 2 aromatic rings. The molecule has 0 saturated carbocycles. The van der Waals surface area contributed by atoms with E-state index in [1.807, 2.05) is 6.07 Å². The Kier molecular flexibility index (Phi) is 4.51. The average Bonchev–Trinajstić information content (AvgIpc) is 2.45. The highest BCUT2D eigenvalue weighted by atomic mass is 35.5. The molecule has 2 aromatic carbocycles. The second kappa shape index (κ2) is 6.33. The lowest BCUT2D eigenvalue weighted by Gasteiger charge is -2.07. The molecule has 0 unspecified atom stereocenters. The standard InChI is InChI=1S/C15H9ClF2N2O/c16-12-8-13(17)11(7-14(12)18)15(21)20-10-3-1-9(2-4-10)5-6-19/h1-4,7-8H,5H2,(H,20,21). The molecule has 0 heterocycles. The van der Waals surface area contributed by atoms with Crippen LogP contribution < -0.4 is 5.32 Å². The summed E-state index contributed by atoms with van der Waals surface area (Å²) in [5, 5.41) is 10.6. The van der Waals surface area contributed by atoms with E-state index in [4.69, 9.17) is 16.9 Å². The second-order valence-electron chi connectivity index (χ2n) is 4.23. The van der Waals surface area contributed by atoms with E-state index in [9.17, 15) is 13.6 Å². The van der Waals surface area contributed by atoms with Crippen LogP contribution in [0, 0.1) is 23.0 Å². The number of nitrogens with one attached hydrogen (secondary N) is 1. The van der Waals surface area contributed by atoms with E-state index in [0.717, 1.165) is 17.7 Å². The van der Waals surface area contributed by atoms with Crippen LogP contribution in [-0.4, -0.2) is 5.91 Å². The van der Waals surface area contributed by atoms with Gasteiger partial charge in [0.15, 0.2) is 0 Å². The molecule has 0 aromatic heterocycles. The Morgan fingerprint density at radius 3 is 2.48 bits per heavy atom. The molecule has 21 heavy (non-hydrogen) atoms. The lowest BCUT2D eigenvalue weighted by Crippen LogP contribution is -2.14. The molecule has 2 rings (SSSR count). The number of anilines is 1. The Morgan fingerprint density at radius 2 is 1.86 bits per heavy atom. The summed E-state index contributed by atoms with van der Waals surface area (Å²) in [7, 11) is 0.